The number of para-hydroxylation sites is 3. The molecule has 0 aliphatic heterocycles. The number of nitrogens with zero attached hydrogens (tertiary/aromatic N) is 2. The molecule has 0 aliphatic carbocycles. The number of furan rings is 1. The molecule has 10 aromatic carbocycles. The number of anilines is 3. The molecule has 0 fully saturated rings. The van der Waals surface area contributed by atoms with E-state index >= 15 is 0 Å². The summed E-state index contributed by atoms with van der Waals surface area (Å²) >= 11 is 0. The van der Waals surface area contributed by atoms with Gasteiger partial charge in [0.2, 0.25) is 0 Å². The Bertz CT molecular complexity index is 3560. The Balaban J connectivity index is 1.12. The lowest BCUT2D eigenvalue weighted by atomic mass is 9.95. The van der Waals surface area contributed by atoms with Gasteiger partial charge in [-0.05, 0) is 105 Å². The molecule has 0 saturated carbocycles. The van der Waals surface area contributed by atoms with Crippen molar-refractivity contribution in [2.24, 2.45) is 0 Å². The molecule has 3 heteroatoms. The van der Waals surface area contributed by atoms with Crippen LogP contribution in [0, 0.1) is 0 Å². The van der Waals surface area contributed by atoms with Crippen LogP contribution in [0.15, 0.2) is 235 Å². The first-order chi connectivity index (χ1) is 30.2. The largest absolute Gasteiger partial charge is 0.456 e. The minimum atomic E-state index is 0.884. The van der Waals surface area contributed by atoms with Crippen molar-refractivity contribution in [2.75, 3.05) is 4.90 Å². The van der Waals surface area contributed by atoms with E-state index in [-0.39, 0.29) is 0 Å². The van der Waals surface area contributed by atoms with Gasteiger partial charge in [-0.1, -0.05) is 164 Å². The van der Waals surface area contributed by atoms with Crippen molar-refractivity contribution >= 4 is 71.6 Å². The molecule has 12 aromatic rings. The highest BCUT2D eigenvalue weighted by Crippen LogP contribution is 2.46. The Labute approximate surface area is 353 Å². The van der Waals surface area contributed by atoms with Gasteiger partial charge < -0.3 is 13.9 Å². The van der Waals surface area contributed by atoms with E-state index in [2.05, 4.69) is 234 Å². The quantitative estimate of drug-likeness (QED) is 0.161. The average molecular weight is 779 g/mol. The standard InChI is InChI=1S/C58H38N2O/c1-2-16-40(17-3-1)48-34-33-43(42-32-31-39-15-4-5-18-41(39)35-42)37-55(48)59(45-20-12-19-44(36-45)49-26-14-30-57-58(49)52-25-8-11-29-56(52)61-57)46-21-13-22-47(38-46)60-53-27-9-6-23-50(53)51-24-7-10-28-54(51)60/h1-38H. The third-order valence-corrected chi connectivity index (χ3v) is 12.2. The van der Waals surface area contributed by atoms with Crippen LogP contribution in [0.1, 0.15) is 0 Å². The van der Waals surface area contributed by atoms with Crippen LogP contribution in [0.5, 0.6) is 0 Å². The molecule has 0 spiro atoms. The summed E-state index contributed by atoms with van der Waals surface area (Å²) in [7, 11) is 0. The predicted octanol–water partition coefficient (Wildman–Crippen LogP) is 16.3. The first kappa shape index (κ1) is 34.9. The maximum atomic E-state index is 6.37. The molecule has 2 heterocycles. The van der Waals surface area contributed by atoms with Crippen molar-refractivity contribution in [3.63, 3.8) is 0 Å². The Morgan fingerprint density at radius 3 is 1.77 bits per heavy atom. The molecule has 2 aromatic heterocycles. The third-order valence-electron chi connectivity index (χ3n) is 12.2. The van der Waals surface area contributed by atoms with Crippen LogP contribution >= 0.6 is 0 Å². The van der Waals surface area contributed by atoms with Gasteiger partial charge in [0.1, 0.15) is 11.2 Å². The van der Waals surface area contributed by atoms with Gasteiger partial charge in [0, 0.05) is 44.2 Å². The normalized spacial score (nSPS) is 11.6. The first-order valence-electron chi connectivity index (χ1n) is 20.8. The zero-order valence-corrected chi connectivity index (χ0v) is 33.2. The molecule has 0 atom stereocenters. The zero-order chi connectivity index (χ0) is 40.3. The lowest BCUT2D eigenvalue weighted by Gasteiger charge is -2.29. The highest BCUT2D eigenvalue weighted by Gasteiger charge is 2.22. The van der Waals surface area contributed by atoms with E-state index in [0.29, 0.717) is 0 Å². The summed E-state index contributed by atoms with van der Waals surface area (Å²) in [5.41, 5.74) is 15.3. The molecule has 0 N–H and O–H groups in total. The minimum absolute atomic E-state index is 0.884. The smallest absolute Gasteiger partial charge is 0.136 e. The Kier molecular flexibility index (Phi) is 8.17. The number of hydrogen-bond donors (Lipinski definition) is 0. The second-order valence-corrected chi connectivity index (χ2v) is 15.7. The lowest BCUT2D eigenvalue weighted by Crippen LogP contribution is -2.12. The van der Waals surface area contributed by atoms with Gasteiger partial charge in [-0.2, -0.15) is 0 Å². The second-order valence-electron chi connectivity index (χ2n) is 15.7. The lowest BCUT2D eigenvalue weighted by molar-refractivity contribution is 0.669. The molecule has 0 bridgehead atoms. The Hall–Kier alpha value is -8.14. The maximum absolute atomic E-state index is 6.37. The van der Waals surface area contributed by atoms with Crippen LogP contribution in [0.25, 0.3) is 93.6 Å². The van der Waals surface area contributed by atoms with Gasteiger partial charge in [0.15, 0.2) is 0 Å². The van der Waals surface area contributed by atoms with Gasteiger partial charge in [-0.15, -0.1) is 0 Å². The summed E-state index contributed by atoms with van der Waals surface area (Å²) in [4.78, 5) is 2.45. The van der Waals surface area contributed by atoms with Crippen molar-refractivity contribution in [3.8, 4) is 39.1 Å². The SMILES string of the molecule is c1ccc(-c2ccc(-c3ccc4ccccc4c3)cc2N(c2cccc(-c3cccc4oc5ccccc5c34)c2)c2cccc(-n3c4ccccc4c4ccccc43)c2)cc1. The molecule has 0 amide bonds. The maximum Gasteiger partial charge on any atom is 0.136 e. The van der Waals surface area contributed by atoms with E-state index in [1.165, 1.54) is 38.1 Å². The average Bonchev–Trinajstić information content (AvgIpc) is 3.88. The van der Waals surface area contributed by atoms with Crippen molar-refractivity contribution in [3.05, 3.63) is 231 Å². The first-order valence-corrected chi connectivity index (χ1v) is 20.8. The highest BCUT2D eigenvalue weighted by atomic mass is 16.3. The molecule has 286 valence electrons. The Morgan fingerprint density at radius 1 is 0.344 bits per heavy atom. The van der Waals surface area contributed by atoms with Crippen LogP contribution in [-0.2, 0) is 0 Å². The van der Waals surface area contributed by atoms with Crippen molar-refractivity contribution in [1.29, 1.82) is 0 Å². The summed E-state index contributed by atoms with van der Waals surface area (Å²) in [6.07, 6.45) is 0. The van der Waals surface area contributed by atoms with Crippen LogP contribution in [-0.4, -0.2) is 4.57 Å². The second kappa shape index (κ2) is 14.3. The van der Waals surface area contributed by atoms with E-state index < -0.39 is 0 Å². The summed E-state index contributed by atoms with van der Waals surface area (Å²) in [6, 6.07) is 83.2. The Morgan fingerprint density at radius 2 is 0.951 bits per heavy atom. The predicted molar refractivity (Wildman–Crippen MR) is 257 cm³/mol. The van der Waals surface area contributed by atoms with E-state index in [1.54, 1.807) is 0 Å². The molecule has 3 nitrogen and oxygen atoms in total. The molecule has 0 aliphatic rings. The fourth-order valence-corrected chi connectivity index (χ4v) is 9.35. The van der Waals surface area contributed by atoms with Crippen LogP contribution < -0.4 is 4.90 Å². The monoisotopic (exact) mass is 778 g/mol. The summed E-state index contributed by atoms with van der Waals surface area (Å²) in [5, 5.41) is 7.17. The van der Waals surface area contributed by atoms with Gasteiger partial charge in [-0.3, -0.25) is 0 Å². The summed E-state index contributed by atoms with van der Waals surface area (Å²) in [6.45, 7) is 0. The summed E-state index contributed by atoms with van der Waals surface area (Å²) in [5.74, 6) is 0. The molecule has 0 saturated heterocycles. The molecule has 0 radical (unpaired) electrons. The summed E-state index contributed by atoms with van der Waals surface area (Å²) < 4.78 is 8.77. The molecular weight excluding hydrogens is 741 g/mol. The van der Waals surface area contributed by atoms with Crippen LogP contribution in [0.3, 0.4) is 0 Å². The van der Waals surface area contributed by atoms with Crippen molar-refractivity contribution in [2.45, 2.75) is 0 Å². The number of benzene rings is 10. The van der Waals surface area contributed by atoms with E-state index in [0.717, 1.165) is 72.5 Å². The number of hydrogen-bond acceptors (Lipinski definition) is 2. The fourth-order valence-electron chi connectivity index (χ4n) is 9.35. The number of rotatable bonds is 7. The minimum Gasteiger partial charge on any atom is -0.456 e. The van der Waals surface area contributed by atoms with Crippen LogP contribution in [0.2, 0.25) is 0 Å². The molecule has 61 heavy (non-hydrogen) atoms. The third kappa shape index (κ3) is 5.90. The van der Waals surface area contributed by atoms with Gasteiger partial charge in [-0.25, -0.2) is 0 Å². The van der Waals surface area contributed by atoms with Crippen molar-refractivity contribution < 1.29 is 4.42 Å². The van der Waals surface area contributed by atoms with E-state index in [1.807, 2.05) is 6.07 Å². The number of aromatic nitrogens is 1. The topological polar surface area (TPSA) is 21.3 Å². The van der Waals surface area contributed by atoms with Crippen LogP contribution in [0.4, 0.5) is 17.1 Å². The molecule has 12 rings (SSSR count). The number of fused-ring (bicyclic) bond motifs is 7. The highest BCUT2D eigenvalue weighted by molar-refractivity contribution is 6.13. The molecular formula is C58H38N2O. The van der Waals surface area contributed by atoms with Gasteiger partial charge in [0.05, 0.1) is 16.7 Å². The fraction of sp³-hybridized carbons (Fsp3) is 0. The van der Waals surface area contributed by atoms with Gasteiger partial charge in [0.25, 0.3) is 0 Å². The van der Waals surface area contributed by atoms with Gasteiger partial charge >= 0.3 is 0 Å². The van der Waals surface area contributed by atoms with E-state index in [4.69, 9.17) is 4.42 Å². The van der Waals surface area contributed by atoms with E-state index in [9.17, 15) is 0 Å². The molecule has 0 unspecified atom stereocenters. The zero-order valence-electron chi connectivity index (χ0n) is 33.2. The van der Waals surface area contributed by atoms with Crippen molar-refractivity contribution in [1.82, 2.24) is 4.57 Å².